The van der Waals surface area contributed by atoms with E-state index in [-0.39, 0.29) is 11.9 Å². The number of piperazine rings is 1. The van der Waals surface area contributed by atoms with Crippen LogP contribution in [0.25, 0.3) is 0 Å². The normalized spacial score (nSPS) is 22.5. The Morgan fingerprint density at radius 2 is 1.78 bits per heavy atom. The summed E-state index contributed by atoms with van der Waals surface area (Å²) in [5.74, 6) is 0.0196. The minimum atomic E-state index is -3.48. The van der Waals surface area contributed by atoms with Gasteiger partial charge >= 0.3 is 0 Å². The molecule has 1 aromatic rings. The Balaban J connectivity index is 1.65. The number of sulfonamides is 1. The molecule has 0 bridgehead atoms. The fraction of sp³-hybridized carbons (Fsp3) is 0.438. The third kappa shape index (κ3) is 3.31. The number of aryl methyl sites for hydroxylation is 1. The molecule has 1 fully saturated rings. The van der Waals surface area contributed by atoms with E-state index in [2.05, 4.69) is 5.32 Å². The van der Waals surface area contributed by atoms with E-state index in [1.165, 1.54) is 4.31 Å². The Morgan fingerprint density at radius 1 is 1.13 bits per heavy atom. The number of carbonyl (C=O) groups is 1. The molecule has 0 aliphatic carbocycles. The molecule has 1 atom stereocenters. The second-order valence-corrected chi connectivity index (χ2v) is 7.79. The topological polar surface area (TPSA) is 69.7 Å². The standard InChI is InChI=1S/C16H21N3O3S/c1-13-4-6-14(7-5-13)23(21,22)19-11-9-18(10-12-19)16(20)15-3-2-8-17-15/h2-7,15,17H,8-12H2,1H3. The van der Waals surface area contributed by atoms with E-state index in [0.717, 1.165) is 5.56 Å². The van der Waals surface area contributed by atoms with Crippen molar-refractivity contribution in [3.05, 3.63) is 42.0 Å². The number of carbonyl (C=O) groups excluding carboxylic acids is 1. The van der Waals surface area contributed by atoms with Crippen LogP contribution < -0.4 is 5.32 Å². The highest BCUT2D eigenvalue weighted by Gasteiger charge is 2.32. The molecule has 1 unspecified atom stereocenters. The first-order valence-corrected chi connectivity index (χ1v) is 9.18. The minimum absolute atomic E-state index is 0.0196. The average Bonchev–Trinajstić information content (AvgIpc) is 3.09. The van der Waals surface area contributed by atoms with Gasteiger partial charge in [-0.3, -0.25) is 10.1 Å². The molecule has 2 heterocycles. The number of hydrogen-bond donors (Lipinski definition) is 1. The molecular weight excluding hydrogens is 314 g/mol. The van der Waals surface area contributed by atoms with Crippen molar-refractivity contribution in [2.75, 3.05) is 32.7 Å². The van der Waals surface area contributed by atoms with E-state index in [0.29, 0.717) is 37.6 Å². The second kappa shape index (κ2) is 6.43. The summed E-state index contributed by atoms with van der Waals surface area (Å²) < 4.78 is 26.7. The summed E-state index contributed by atoms with van der Waals surface area (Å²) >= 11 is 0. The molecule has 3 rings (SSSR count). The van der Waals surface area contributed by atoms with Crippen molar-refractivity contribution in [1.82, 2.24) is 14.5 Å². The summed E-state index contributed by atoms with van der Waals surface area (Å²) in [6.45, 7) is 4.15. The van der Waals surface area contributed by atoms with Gasteiger partial charge in [0.05, 0.1) is 4.90 Å². The summed E-state index contributed by atoms with van der Waals surface area (Å²) in [5.41, 5.74) is 1.02. The Bertz CT molecular complexity index is 705. The smallest absolute Gasteiger partial charge is 0.243 e. The zero-order valence-electron chi connectivity index (χ0n) is 13.1. The van der Waals surface area contributed by atoms with Gasteiger partial charge in [-0.2, -0.15) is 4.31 Å². The Morgan fingerprint density at radius 3 is 2.35 bits per heavy atom. The maximum atomic E-state index is 12.6. The molecule has 0 aromatic heterocycles. The molecule has 1 saturated heterocycles. The number of hydrogen-bond acceptors (Lipinski definition) is 4. The van der Waals surface area contributed by atoms with Gasteiger partial charge in [0, 0.05) is 32.7 Å². The Hall–Kier alpha value is -1.70. The molecule has 1 aromatic carbocycles. The van der Waals surface area contributed by atoms with E-state index in [1.807, 2.05) is 19.1 Å². The van der Waals surface area contributed by atoms with Crippen LogP contribution in [0, 0.1) is 6.92 Å². The van der Waals surface area contributed by atoms with E-state index in [4.69, 9.17) is 0 Å². The lowest BCUT2D eigenvalue weighted by molar-refractivity contribution is -0.133. The highest BCUT2D eigenvalue weighted by atomic mass is 32.2. The van der Waals surface area contributed by atoms with Crippen LogP contribution >= 0.6 is 0 Å². The van der Waals surface area contributed by atoms with Gasteiger partial charge in [-0.1, -0.05) is 29.8 Å². The van der Waals surface area contributed by atoms with Crippen molar-refractivity contribution in [3.63, 3.8) is 0 Å². The maximum absolute atomic E-state index is 12.6. The average molecular weight is 335 g/mol. The summed E-state index contributed by atoms with van der Waals surface area (Å²) in [7, 11) is -3.48. The fourth-order valence-corrected chi connectivity index (χ4v) is 4.26. The zero-order chi connectivity index (χ0) is 16.4. The molecule has 2 aliphatic heterocycles. The van der Waals surface area contributed by atoms with Crippen molar-refractivity contribution in [2.45, 2.75) is 17.9 Å². The van der Waals surface area contributed by atoms with E-state index in [1.54, 1.807) is 29.2 Å². The van der Waals surface area contributed by atoms with Crippen LogP contribution in [0.5, 0.6) is 0 Å². The highest BCUT2D eigenvalue weighted by molar-refractivity contribution is 7.89. The summed E-state index contributed by atoms with van der Waals surface area (Å²) in [6.07, 6.45) is 3.79. The molecule has 124 valence electrons. The van der Waals surface area contributed by atoms with Gasteiger partial charge in [0.1, 0.15) is 6.04 Å². The number of amides is 1. The van der Waals surface area contributed by atoms with Crippen LogP contribution in [0.2, 0.25) is 0 Å². The van der Waals surface area contributed by atoms with Crippen LogP contribution in [-0.4, -0.2) is 62.3 Å². The van der Waals surface area contributed by atoms with Crippen LogP contribution in [0.3, 0.4) is 0 Å². The molecule has 0 spiro atoms. The second-order valence-electron chi connectivity index (χ2n) is 5.86. The lowest BCUT2D eigenvalue weighted by atomic mass is 10.2. The largest absolute Gasteiger partial charge is 0.338 e. The van der Waals surface area contributed by atoms with Gasteiger partial charge in [-0.05, 0) is 19.1 Å². The molecule has 0 saturated carbocycles. The van der Waals surface area contributed by atoms with Crippen molar-refractivity contribution < 1.29 is 13.2 Å². The first-order valence-electron chi connectivity index (χ1n) is 7.74. The lowest BCUT2D eigenvalue weighted by Gasteiger charge is -2.35. The predicted octanol–water partition coefficient (Wildman–Crippen LogP) is 0.356. The monoisotopic (exact) mass is 335 g/mol. The van der Waals surface area contributed by atoms with E-state index >= 15 is 0 Å². The molecule has 1 amide bonds. The quantitative estimate of drug-likeness (QED) is 0.810. The van der Waals surface area contributed by atoms with Gasteiger partial charge < -0.3 is 4.90 Å². The predicted molar refractivity (Wildman–Crippen MR) is 87.4 cm³/mol. The first-order chi connectivity index (χ1) is 11.0. The van der Waals surface area contributed by atoms with Crippen LogP contribution in [-0.2, 0) is 14.8 Å². The van der Waals surface area contributed by atoms with Crippen molar-refractivity contribution in [2.24, 2.45) is 0 Å². The first kappa shape index (κ1) is 16.2. The molecule has 1 N–H and O–H groups in total. The number of benzene rings is 1. The SMILES string of the molecule is Cc1ccc(S(=O)(=O)N2CCN(C(=O)C3C=CCN3)CC2)cc1. The van der Waals surface area contributed by atoms with Crippen molar-refractivity contribution in [3.8, 4) is 0 Å². The maximum Gasteiger partial charge on any atom is 0.243 e. The van der Waals surface area contributed by atoms with E-state index in [9.17, 15) is 13.2 Å². The van der Waals surface area contributed by atoms with Gasteiger partial charge in [0.2, 0.25) is 15.9 Å². The van der Waals surface area contributed by atoms with Gasteiger partial charge in [-0.15, -0.1) is 0 Å². The molecule has 23 heavy (non-hydrogen) atoms. The summed E-state index contributed by atoms with van der Waals surface area (Å²) in [5, 5.41) is 3.09. The fourth-order valence-electron chi connectivity index (χ4n) is 2.84. The summed E-state index contributed by atoms with van der Waals surface area (Å²) in [4.78, 5) is 14.3. The third-order valence-electron chi connectivity index (χ3n) is 4.26. The van der Waals surface area contributed by atoms with Crippen LogP contribution in [0.4, 0.5) is 0 Å². The molecular formula is C16H21N3O3S. The Labute approximate surface area is 136 Å². The molecule has 6 nitrogen and oxygen atoms in total. The number of nitrogens with zero attached hydrogens (tertiary/aromatic N) is 2. The van der Waals surface area contributed by atoms with Crippen molar-refractivity contribution >= 4 is 15.9 Å². The van der Waals surface area contributed by atoms with E-state index < -0.39 is 10.0 Å². The lowest BCUT2D eigenvalue weighted by Crippen LogP contribution is -2.54. The van der Waals surface area contributed by atoms with Crippen LogP contribution in [0.1, 0.15) is 5.56 Å². The Kier molecular flexibility index (Phi) is 4.52. The van der Waals surface area contributed by atoms with Crippen molar-refractivity contribution in [1.29, 1.82) is 0 Å². The zero-order valence-corrected chi connectivity index (χ0v) is 13.9. The molecule has 2 aliphatic rings. The van der Waals surface area contributed by atoms with Gasteiger partial charge in [0.25, 0.3) is 0 Å². The number of nitrogens with one attached hydrogen (secondary N) is 1. The third-order valence-corrected chi connectivity index (χ3v) is 6.17. The highest BCUT2D eigenvalue weighted by Crippen LogP contribution is 2.18. The minimum Gasteiger partial charge on any atom is -0.338 e. The van der Waals surface area contributed by atoms with Crippen LogP contribution in [0.15, 0.2) is 41.3 Å². The summed E-state index contributed by atoms with van der Waals surface area (Å²) in [6, 6.07) is 6.59. The number of rotatable bonds is 3. The molecule has 0 radical (unpaired) electrons. The molecule has 7 heteroatoms. The van der Waals surface area contributed by atoms with Gasteiger partial charge in [0.15, 0.2) is 0 Å². The van der Waals surface area contributed by atoms with Gasteiger partial charge in [-0.25, -0.2) is 8.42 Å².